The van der Waals surface area contributed by atoms with Gasteiger partial charge in [-0.25, -0.2) is 4.39 Å². The van der Waals surface area contributed by atoms with Crippen molar-refractivity contribution in [3.63, 3.8) is 0 Å². The topological polar surface area (TPSA) is 78.2 Å². The van der Waals surface area contributed by atoms with Crippen molar-refractivity contribution < 1.29 is 14.2 Å². The Hall–Kier alpha value is -3.17. The number of rotatable bonds is 5. The van der Waals surface area contributed by atoms with Crippen LogP contribution >= 0.6 is 0 Å². The Morgan fingerprint density at radius 3 is 2.88 bits per heavy atom. The molecule has 0 aliphatic rings. The SMILES string of the molecule is COc1cccc(C(O)CNc2c(C#N)cnc3c(C)cc(F)cc23)c1. The van der Waals surface area contributed by atoms with Gasteiger partial charge in [0.15, 0.2) is 0 Å². The highest BCUT2D eigenvalue weighted by Gasteiger charge is 2.14. The molecule has 1 heterocycles. The first-order chi connectivity index (χ1) is 12.5. The van der Waals surface area contributed by atoms with Crippen LogP contribution in [0.5, 0.6) is 5.75 Å². The fourth-order valence-corrected chi connectivity index (χ4v) is 2.88. The molecule has 26 heavy (non-hydrogen) atoms. The summed E-state index contributed by atoms with van der Waals surface area (Å²) < 4.78 is 19.0. The highest BCUT2D eigenvalue weighted by molar-refractivity contribution is 5.95. The fourth-order valence-electron chi connectivity index (χ4n) is 2.88. The number of nitrogens with zero attached hydrogens (tertiary/aromatic N) is 2. The smallest absolute Gasteiger partial charge is 0.124 e. The van der Waals surface area contributed by atoms with Gasteiger partial charge >= 0.3 is 0 Å². The van der Waals surface area contributed by atoms with Crippen LogP contribution in [-0.4, -0.2) is 23.7 Å². The van der Waals surface area contributed by atoms with Crippen molar-refractivity contribution in [2.75, 3.05) is 19.0 Å². The van der Waals surface area contributed by atoms with Gasteiger partial charge in [0.05, 0.1) is 30.0 Å². The van der Waals surface area contributed by atoms with Gasteiger partial charge < -0.3 is 15.2 Å². The van der Waals surface area contributed by atoms with Crippen molar-refractivity contribution in [1.82, 2.24) is 4.98 Å². The van der Waals surface area contributed by atoms with E-state index in [0.29, 0.717) is 39.0 Å². The number of aliphatic hydroxyl groups is 1. The molecule has 0 aliphatic carbocycles. The Balaban J connectivity index is 1.94. The zero-order chi connectivity index (χ0) is 18.7. The summed E-state index contributed by atoms with van der Waals surface area (Å²) in [5, 5.41) is 23.4. The van der Waals surface area contributed by atoms with E-state index < -0.39 is 11.9 Å². The lowest BCUT2D eigenvalue weighted by atomic mass is 10.1. The van der Waals surface area contributed by atoms with Crippen LogP contribution in [0, 0.1) is 24.1 Å². The Kier molecular flexibility index (Phi) is 5.01. The number of hydrogen-bond donors (Lipinski definition) is 2. The molecule has 132 valence electrons. The summed E-state index contributed by atoms with van der Waals surface area (Å²) >= 11 is 0. The number of aryl methyl sites for hydroxylation is 1. The largest absolute Gasteiger partial charge is 0.497 e. The van der Waals surface area contributed by atoms with E-state index in [1.807, 2.05) is 0 Å². The van der Waals surface area contributed by atoms with Gasteiger partial charge in [-0.3, -0.25) is 4.98 Å². The van der Waals surface area contributed by atoms with Crippen molar-refractivity contribution in [3.05, 3.63) is 65.1 Å². The molecule has 0 fully saturated rings. The first kappa shape index (κ1) is 17.6. The van der Waals surface area contributed by atoms with Crippen LogP contribution in [0.2, 0.25) is 0 Å². The number of hydrogen-bond acceptors (Lipinski definition) is 5. The zero-order valence-corrected chi connectivity index (χ0v) is 14.5. The average Bonchev–Trinajstić information content (AvgIpc) is 2.65. The third-order valence-corrected chi connectivity index (χ3v) is 4.20. The summed E-state index contributed by atoms with van der Waals surface area (Å²) in [5.74, 6) is 0.245. The molecule has 3 aromatic rings. The van der Waals surface area contributed by atoms with Gasteiger partial charge in [-0.05, 0) is 42.3 Å². The number of halogens is 1. The number of anilines is 1. The molecule has 5 nitrogen and oxygen atoms in total. The number of benzene rings is 2. The number of methoxy groups -OCH3 is 1. The lowest BCUT2D eigenvalue weighted by Gasteiger charge is -2.16. The van der Waals surface area contributed by atoms with Crippen LogP contribution in [0.15, 0.2) is 42.6 Å². The number of nitrogens with one attached hydrogen (secondary N) is 1. The normalized spacial score (nSPS) is 11.8. The monoisotopic (exact) mass is 351 g/mol. The maximum atomic E-state index is 13.9. The highest BCUT2D eigenvalue weighted by atomic mass is 19.1. The summed E-state index contributed by atoms with van der Waals surface area (Å²) in [5.41, 5.74) is 2.73. The second kappa shape index (κ2) is 7.38. The van der Waals surface area contributed by atoms with Crippen LogP contribution in [0.3, 0.4) is 0 Å². The molecule has 0 saturated heterocycles. The van der Waals surface area contributed by atoms with Crippen LogP contribution in [0.25, 0.3) is 10.9 Å². The third kappa shape index (κ3) is 3.44. The van der Waals surface area contributed by atoms with Crippen molar-refractivity contribution >= 4 is 16.6 Å². The number of fused-ring (bicyclic) bond motifs is 1. The van der Waals surface area contributed by atoms with Gasteiger partial charge in [-0.2, -0.15) is 5.26 Å². The second-order valence-electron chi connectivity index (χ2n) is 5.95. The van der Waals surface area contributed by atoms with E-state index in [9.17, 15) is 14.8 Å². The van der Waals surface area contributed by atoms with Crippen LogP contribution < -0.4 is 10.1 Å². The standard InChI is InChI=1S/C20H18FN3O2/c1-12-6-15(21)8-17-19(12)23-10-14(9-22)20(17)24-11-18(25)13-4-3-5-16(7-13)26-2/h3-8,10,18,25H,11H2,1-2H3,(H,23,24). The van der Waals surface area contributed by atoms with Crippen LogP contribution in [-0.2, 0) is 0 Å². The minimum Gasteiger partial charge on any atom is -0.497 e. The number of aromatic nitrogens is 1. The predicted molar refractivity (Wildman–Crippen MR) is 97.6 cm³/mol. The van der Waals surface area contributed by atoms with E-state index in [0.717, 1.165) is 0 Å². The van der Waals surface area contributed by atoms with Crippen molar-refractivity contribution in [2.24, 2.45) is 0 Å². The quantitative estimate of drug-likeness (QED) is 0.733. The maximum absolute atomic E-state index is 13.9. The highest BCUT2D eigenvalue weighted by Crippen LogP contribution is 2.29. The summed E-state index contributed by atoms with van der Waals surface area (Å²) in [6, 6.07) is 11.9. The van der Waals surface area contributed by atoms with Gasteiger partial charge in [0.2, 0.25) is 0 Å². The molecule has 0 aliphatic heterocycles. The lowest BCUT2D eigenvalue weighted by Crippen LogP contribution is -2.13. The van der Waals surface area contributed by atoms with Gasteiger partial charge in [0.1, 0.15) is 17.6 Å². The molecular weight excluding hydrogens is 333 g/mol. The van der Waals surface area contributed by atoms with Crippen molar-refractivity contribution in [2.45, 2.75) is 13.0 Å². The van der Waals surface area contributed by atoms with E-state index in [2.05, 4.69) is 16.4 Å². The van der Waals surface area contributed by atoms with Gasteiger partial charge in [0, 0.05) is 18.1 Å². The fraction of sp³-hybridized carbons (Fsp3) is 0.200. The Morgan fingerprint density at radius 2 is 2.15 bits per heavy atom. The summed E-state index contributed by atoms with van der Waals surface area (Å²) in [6.45, 7) is 1.91. The van der Waals surface area contributed by atoms with Crippen molar-refractivity contribution in [1.29, 1.82) is 5.26 Å². The van der Waals surface area contributed by atoms with E-state index >= 15 is 0 Å². The molecular formula is C20H18FN3O2. The van der Waals surface area contributed by atoms with Gasteiger partial charge in [-0.15, -0.1) is 0 Å². The first-order valence-corrected chi connectivity index (χ1v) is 8.08. The van der Waals surface area contributed by atoms with E-state index in [-0.39, 0.29) is 6.54 Å². The minimum atomic E-state index is -0.825. The number of pyridine rings is 1. The van der Waals surface area contributed by atoms with Crippen molar-refractivity contribution in [3.8, 4) is 11.8 Å². The Bertz CT molecular complexity index is 998. The number of nitriles is 1. The van der Waals surface area contributed by atoms with Crippen LogP contribution in [0.4, 0.5) is 10.1 Å². The second-order valence-corrected chi connectivity index (χ2v) is 5.95. The molecule has 0 saturated carbocycles. The summed E-state index contributed by atoms with van der Waals surface area (Å²) in [4.78, 5) is 4.25. The molecule has 2 N–H and O–H groups in total. The molecule has 0 amide bonds. The van der Waals surface area contributed by atoms with E-state index in [1.54, 1.807) is 38.3 Å². The van der Waals surface area contributed by atoms with Gasteiger partial charge in [0.25, 0.3) is 0 Å². The van der Waals surface area contributed by atoms with Crippen LogP contribution in [0.1, 0.15) is 22.8 Å². The predicted octanol–water partition coefficient (Wildman–Crippen LogP) is 3.71. The molecule has 6 heteroatoms. The average molecular weight is 351 g/mol. The maximum Gasteiger partial charge on any atom is 0.124 e. The molecule has 2 aromatic carbocycles. The first-order valence-electron chi connectivity index (χ1n) is 8.08. The Morgan fingerprint density at radius 1 is 1.35 bits per heavy atom. The van der Waals surface area contributed by atoms with E-state index in [1.165, 1.54) is 18.3 Å². The summed E-state index contributed by atoms with van der Waals surface area (Å²) in [6.07, 6.45) is 0.627. The molecule has 1 unspecified atom stereocenters. The molecule has 0 bridgehead atoms. The lowest BCUT2D eigenvalue weighted by molar-refractivity contribution is 0.191. The van der Waals surface area contributed by atoms with E-state index in [4.69, 9.17) is 4.74 Å². The zero-order valence-electron chi connectivity index (χ0n) is 14.5. The molecule has 3 rings (SSSR count). The summed E-state index contributed by atoms with van der Waals surface area (Å²) in [7, 11) is 1.56. The Labute approximate surface area is 150 Å². The molecule has 1 atom stereocenters. The third-order valence-electron chi connectivity index (χ3n) is 4.20. The number of aliphatic hydroxyl groups excluding tert-OH is 1. The molecule has 0 radical (unpaired) electrons. The number of ether oxygens (including phenoxy) is 1. The minimum absolute atomic E-state index is 0.149. The molecule has 1 aromatic heterocycles. The molecule has 0 spiro atoms. The van der Waals surface area contributed by atoms with Gasteiger partial charge in [-0.1, -0.05) is 12.1 Å².